The van der Waals surface area contributed by atoms with Gasteiger partial charge in [-0.1, -0.05) is 13.8 Å². The van der Waals surface area contributed by atoms with Gasteiger partial charge in [0.2, 0.25) is 0 Å². The van der Waals surface area contributed by atoms with Crippen LogP contribution < -0.4 is 15.4 Å². The van der Waals surface area contributed by atoms with E-state index in [4.69, 9.17) is 10.5 Å². The predicted octanol–water partition coefficient (Wildman–Crippen LogP) is 3.54. The Kier molecular flexibility index (Phi) is 5.32. The molecule has 0 aliphatic carbocycles. The molecular formula is C15H26N2O. The fraction of sp³-hybridized carbons (Fsp3) is 0.600. The van der Waals surface area contributed by atoms with Crippen LogP contribution in [-0.4, -0.2) is 19.2 Å². The maximum absolute atomic E-state index is 5.95. The normalized spacial score (nSPS) is 11.1. The topological polar surface area (TPSA) is 38.5 Å². The highest BCUT2D eigenvalue weighted by Gasteiger charge is 2.09. The number of anilines is 2. The summed E-state index contributed by atoms with van der Waals surface area (Å²) in [4.78, 5) is 2.33. The van der Waals surface area contributed by atoms with Gasteiger partial charge in [0.1, 0.15) is 5.75 Å². The lowest BCUT2D eigenvalue weighted by Gasteiger charge is -2.26. The van der Waals surface area contributed by atoms with Gasteiger partial charge in [-0.05, 0) is 32.8 Å². The lowest BCUT2D eigenvalue weighted by Crippen LogP contribution is -2.27. The second-order valence-electron chi connectivity index (χ2n) is 5.36. The minimum Gasteiger partial charge on any atom is -0.491 e. The molecule has 3 nitrogen and oxygen atoms in total. The summed E-state index contributed by atoms with van der Waals surface area (Å²) in [6, 6.07) is 5.97. The van der Waals surface area contributed by atoms with Crippen LogP contribution in [0, 0.1) is 5.92 Å². The first-order valence-electron chi connectivity index (χ1n) is 6.74. The van der Waals surface area contributed by atoms with E-state index in [-0.39, 0.29) is 6.10 Å². The van der Waals surface area contributed by atoms with E-state index in [0.717, 1.165) is 30.2 Å². The summed E-state index contributed by atoms with van der Waals surface area (Å²) in [6.07, 6.45) is 0.167. The molecule has 1 aromatic carbocycles. The van der Waals surface area contributed by atoms with Crippen molar-refractivity contribution >= 4 is 11.4 Å². The van der Waals surface area contributed by atoms with Crippen molar-refractivity contribution in [1.82, 2.24) is 0 Å². The molecule has 0 radical (unpaired) electrons. The lowest BCUT2D eigenvalue weighted by molar-refractivity contribution is 0.242. The summed E-state index contributed by atoms with van der Waals surface area (Å²) < 4.78 is 5.73. The Morgan fingerprint density at radius 3 is 2.33 bits per heavy atom. The van der Waals surface area contributed by atoms with Gasteiger partial charge in [-0.15, -0.1) is 0 Å². The molecule has 102 valence electrons. The average Bonchev–Trinajstić information content (AvgIpc) is 2.23. The summed E-state index contributed by atoms with van der Waals surface area (Å²) in [5, 5.41) is 0. The molecule has 0 aliphatic heterocycles. The number of nitrogen functional groups attached to an aromatic ring is 1. The van der Waals surface area contributed by atoms with E-state index in [2.05, 4.69) is 31.7 Å². The monoisotopic (exact) mass is 250 g/mol. The molecule has 0 unspecified atom stereocenters. The SMILES string of the molecule is CCN(CC(C)C)c1cc(N)cc(OC(C)C)c1. The Bertz CT molecular complexity index is 375. The van der Waals surface area contributed by atoms with Crippen LogP contribution in [-0.2, 0) is 0 Å². The van der Waals surface area contributed by atoms with Crippen molar-refractivity contribution in [2.75, 3.05) is 23.7 Å². The van der Waals surface area contributed by atoms with Gasteiger partial charge in [0.15, 0.2) is 0 Å². The molecule has 0 heterocycles. The third kappa shape index (κ3) is 4.47. The van der Waals surface area contributed by atoms with E-state index in [1.54, 1.807) is 0 Å². The first-order valence-corrected chi connectivity index (χ1v) is 6.74. The van der Waals surface area contributed by atoms with Crippen molar-refractivity contribution in [2.24, 2.45) is 5.92 Å². The Morgan fingerprint density at radius 1 is 1.17 bits per heavy atom. The van der Waals surface area contributed by atoms with Gasteiger partial charge in [0.25, 0.3) is 0 Å². The van der Waals surface area contributed by atoms with E-state index in [0.29, 0.717) is 5.92 Å². The summed E-state index contributed by atoms with van der Waals surface area (Å²) in [7, 11) is 0. The van der Waals surface area contributed by atoms with E-state index in [9.17, 15) is 0 Å². The Hall–Kier alpha value is -1.38. The Labute approximate surface area is 111 Å². The summed E-state index contributed by atoms with van der Waals surface area (Å²) >= 11 is 0. The number of nitrogens with zero attached hydrogens (tertiary/aromatic N) is 1. The van der Waals surface area contributed by atoms with Crippen LogP contribution in [0.5, 0.6) is 5.75 Å². The van der Waals surface area contributed by atoms with Crippen LogP contribution in [0.15, 0.2) is 18.2 Å². The van der Waals surface area contributed by atoms with Crippen molar-refractivity contribution in [3.63, 3.8) is 0 Å². The zero-order valence-corrected chi connectivity index (χ0v) is 12.2. The van der Waals surface area contributed by atoms with Crippen LogP contribution in [0.3, 0.4) is 0 Å². The molecule has 0 aliphatic rings. The fourth-order valence-electron chi connectivity index (χ4n) is 1.99. The van der Waals surface area contributed by atoms with Crippen molar-refractivity contribution < 1.29 is 4.74 Å². The summed E-state index contributed by atoms with van der Waals surface area (Å²) in [5.41, 5.74) is 7.85. The van der Waals surface area contributed by atoms with Crippen LogP contribution in [0.25, 0.3) is 0 Å². The molecule has 2 N–H and O–H groups in total. The molecule has 1 aromatic rings. The average molecular weight is 250 g/mol. The third-order valence-electron chi connectivity index (χ3n) is 2.62. The number of benzene rings is 1. The van der Waals surface area contributed by atoms with Crippen molar-refractivity contribution in [1.29, 1.82) is 0 Å². The molecule has 0 aromatic heterocycles. The molecule has 0 amide bonds. The van der Waals surface area contributed by atoms with E-state index in [1.807, 2.05) is 26.0 Å². The molecule has 18 heavy (non-hydrogen) atoms. The highest BCUT2D eigenvalue weighted by atomic mass is 16.5. The second kappa shape index (κ2) is 6.53. The second-order valence-corrected chi connectivity index (χ2v) is 5.36. The van der Waals surface area contributed by atoms with Crippen LogP contribution in [0.1, 0.15) is 34.6 Å². The molecule has 1 rings (SSSR count). The van der Waals surface area contributed by atoms with Gasteiger partial charge < -0.3 is 15.4 Å². The molecule has 0 saturated carbocycles. The zero-order chi connectivity index (χ0) is 13.7. The number of ether oxygens (including phenoxy) is 1. The van der Waals surface area contributed by atoms with E-state index < -0.39 is 0 Å². The molecule has 0 atom stereocenters. The van der Waals surface area contributed by atoms with Gasteiger partial charge in [-0.25, -0.2) is 0 Å². The summed E-state index contributed by atoms with van der Waals surface area (Å²) in [5.74, 6) is 1.48. The largest absolute Gasteiger partial charge is 0.491 e. The molecule has 3 heteroatoms. The first kappa shape index (κ1) is 14.7. The number of nitrogens with two attached hydrogens (primary N) is 1. The quantitative estimate of drug-likeness (QED) is 0.785. The van der Waals surface area contributed by atoms with E-state index in [1.165, 1.54) is 0 Å². The van der Waals surface area contributed by atoms with Crippen molar-refractivity contribution in [3.8, 4) is 5.75 Å². The van der Waals surface area contributed by atoms with Gasteiger partial charge in [0, 0.05) is 36.6 Å². The Morgan fingerprint density at radius 2 is 1.83 bits per heavy atom. The van der Waals surface area contributed by atoms with E-state index >= 15 is 0 Å². The van der Waals surface area contributed by atoms with Gasteiger partial charge in [0.05, 0.1) is 6.10 Å². The van der Waals surface area contributed by atoms with Crippen molar-refractivity contribution in [3.05, 3.63) is 18.2 Å². The molecule has 0 saturated heterocycles. The fourth-order valence-corrected chi connectivity index (χ4v) is 1.99. The van der Waals surface area contributed by atoms with Gasteiger partial charge in [-0.3, -0.25) is 0 Å². The highest BCUT2D eigenvalue weighted by Crippen LogP contribution is 2.26. The van der Waals surface area contributed by atoms with Gasteiger partial charge in [-0.2, -0.15) is 0 Å². The van der Waals surface area contributed by atoms with Crippen molar-refractivity contribution in [2.45, 2.75) is 40.7 Å². The molecule has 0 spiro atoms. The summed E-state index contributed by atoms with van der Waals surface area (Å²) in [6.45, 7) is 12.7. The van der Waals surface area contributed by atoms with Crippen LogP contribution >= 0.6 is 0 Å². The van der Waals surface area contributed by atoms with Gasteiger partial charge >= 0.3 is 0 Å². The molecule has 0 bridgehead atoms. The standard InChI is InChI=1S/C15H26N2O/c1-6-17(10-11(2)3)14-7-13(16)8-15(9-14)18-12(4)5/h7-9,11-12H,6,10,16H2,1-5H3. The minimum atomic E-state index is 0.167. The molecule has 0 fully saturated rings. The predicted molar refractivity (Wildman–Crippen MR) is 79.3 cm³/mol. The smallest absolute Gasteiger partial charge is 0.123 e. The molecular weight excluding hydrogens is 224 g/mol. The van der Waals surface area contributed by atoms with Crippen LogP contribution in [0.4, 0.5) is 11.4 Å². The number of hydrogen-bond acceptors (Lipinski definition) is 3. The Balaban J connectivity index is 2.95. The highest BCUT2D eigenvalue weighted by molar-refractivity contribution is 5.60. The third-order valence-corrected chi connectivity index (χ3v) is 2.62. The first-order chi connectivity index (χ1) is 8.42. The zero-order valence-electron chi connectivity index (χ0n) is 12.2. The minimum absolute atomic E-state index is 0.167. The number of rotatable bonds is 6. The number of hydrogen-bond donors (Lipinski definition) is 1. The van der Waals surface area contributed by atoms with Crippen LogP contribution in [0.2, 0.25) is 0 Å². The maximum atomic E-state index is 5.95. The maximum Gasteiger partial charge on any atom is 0.123 e. The lowest BCUT2D eigenvalue weighted by atomic mass is 10.1.